The van der Waals surface area contributed by atoms with E-state index < -0.39 is 0 Å². The molecule has 1 aromatic carbocycles. The van der Waals surface area contributed by atoms with E-state index >= 15 is 0 Å². The van der Waals surface area contributed by atoms with E-state index in [1.807, 2.05) is 19.1 Å². The van der Waals surface area contributed by atoms with Crippen molar-refractivity contribution in [2.24, 2.45) is 5.41 Å². The van der Waals surface area contributed by atoms with Gasteiger partial charge in [0.25, 0.3) is 0 Å². The Balaban J connectivity index is 1.43. The summed E-state index contributed by atoms with van der Waals surface area (Å²) in [5.74, 6) is 1.61. The third-order valence-electron chi connectivity index (χ3n) is 7.00. The number of anilines is 2. The molecule has 1 spiro atoms. The molecule has 3 heterocycles. The normalized spacial score (nSPS) is 21.0. The van der Waals surface area contributed by atoms with Crippen molar-refractivity contribution in [3.8, 4) is 6.07 Å². The molecule has 1 unspecified atom stereocenters. The van der Waals surface area contributed by atoms with Crippen LogP contribution in [-0.4, -0.2) is 30.7 Å². The third-order valence-corrected chi connectivity index (χ3v) is 7.00. The average molecular weight is 389 g/mol. The van der Waals surface area contributed by atoms with Gasteiger partial charge in [-0.3, -0.25) is 0 Å². The van der Waals surface area contributed by atoms with Crippen molar-refractivity contribution in [2.75, 3.05) is 29.4 Å². The summed E-state index contributed by atoms with van der Waals surface area (Å²) in [6.45, 7) is 12.1. The zero-order chi connectivity index (χ0) is 20.6. The maximum atomic E-state index is 9.18. The van der Waals surface area contributed by atoms with Crippen LogP contribution < -0.4 is 9.80 Å². The van der Waals surface area contributed by atoms with E-state index in [2.05, 4.69) is 60.9 Å². The molecular formula is C25H32N4. The molecule has 0 amide bonds. The van der Waals surface area contributed by atoms with E-state index in [0.717, 1.165) is 31.1 Å². The van der Waals surface area contributed by atoms with Crippen LogP contribution in [0.2, 0.25) is 0 Å². The molecule has 2 saturated heterocycles. The van der Waals surface area contributed by atoms with E-state index in [0.29, 0.717) is 22.9 Å². The molecule has 4 heteroatoms. The van der Waals surface area contributed by atoms with Crippen LogP contribution in [0.3, 0.4) is 0 Å². The summed E-state index contributed by atoms with van der Waals surface area (Å²) in [4.78, 5) is 9.74. The molecule has 1 atom stereocenters. The minimum atomic E-state index is 0.386. The lowest BCUT2D eigenvalue weighted by atomic mass is 9.76. The van der Waals surface area contributed by atoms with Crippen molar-refractivity contribution in [3.63, 3.8) is 0 Å². The van der Waals surface area contributed by atoms with Gasteiger partial charge >= 0.3 is 0 Å². The zero-order valence-corrected chi connectivity index (χ0v) is 18.2. The molecule has 0 radical (unpaired) electrons. The molecule has 152 valence electrons. The van der Waals surface area contributed by atoms with Gasteiger partial charge in [0, 0.05) is 31.4 Å². The van der Waals surface area contributed by atoms with E-state index in [1.54, 1.807) is 0 Å². The molecule has 4 rings (SSSR count). The van der Waals surface area contributed by atoms with E-state index in [9.17, 15) is 5.26 Å². The fraction of sp³-hybridized carbons (Fsp3) is 0.520. The average Bonchev–Trinajstić information content (AvgIpc) is 3.04. The van der Waals surface area contributed by atoms with Gasteiger partial charge in [0.1, 0.15) is 11.9 Å². The molecule has 0 bridgehead atoms. The molecule has 0 aliphatic carbocycles. The number of pyridine rings is 1. The van der Waals surface area contributed by atoms with Crippen molar-refractivity contribution >= 4 is 11.5 Å². The molecule has 1 aromatic heterocycles. The highest BCUT2D eigenvalue weighted by Gasteiger charge is 2.44. The Kier molecular flexibility index (Phi) is 5.25. The van der Waals surface area contributed by atoms with Gasteiger partial charge in [-0.1, -0.05) is 26.0 Å². The molecule has 29 heavy (non-hydrogen) atoms. The van der Waals surface area contributed by atoms with Gasteiger partial charge in [-0.25, -0.2) is 4.98 Å². The monoisotopic (exact) mass is 388 g/mol. The summed E-state index contributed by atoms with van der Waals surface area (Å²) in [7, 11) is 0. The van der Waals surface area contributed by atoms with Crippen LogP contribution >= 0.6 is 0 Å². The second-order valence-corrected chi connectivity index (χ2v) is 9.33. The number of aromatic nitrogens is 1. The van der Waals surface area contributed by atoms with Crippen molar-refractivity contribution in [3.05, 3.63) is 53.2 Å². The number of piperidine rings is 1. The highest BCUT2D eigenvalue weighted by molar-refractivity contribution is 5.50. The van der Waals surface area contributed by atoms with Gasteiger partial charge in [0.2, 0.25) is 0 Å². The molecule has 2 aliphatic heterocycles. The Labute approximate surface area is 175 Å². The van der Waals surface area contributed by atoms with Crippen molar-refractivity contribution in [2.45, 2.75) is 58.9 Å². The molecule has 2 aliphatic rings. The van der Waals surface area contributed by atoms with Crippen LogP contribution in [-0.2, 0) is 0 Å². The molecular weight excluding hydrogens is 356 g/mol. The Bertz CT molecular complexity index is 901. The quantitative estimate of drug-likeness (QED) is 0.718. The zero-order valence-electron chi connectivity index (χ0n) is 18.2. The number of nitriles is 1. The summed E-state index contributed by atoms with van der Waals surface area (Å²) in [6, 6.07) is 15.8. The SMILES string of the molecule is Cc1nc(N2CC3(CCN(c4ccc(C(C)C)cc4)CC3)CC2C)ccc1C#N. The van der Waals surface area contributed by atoms with Crippen molar-refractivity contribution < 1.29 is 0 Å². The van der Waals surface area contributed by atoms with E-state index in [4.69, 9.17) is 4.98 Å². The van der Waals surface area contributed by atoms with E-state index in [-0.39, 0.29) is 0 Å². The second-order valence-electron chi connectivity index (χ2n) is 9.33. The molecule has 4 nitrogen and oxygen atoms in total. The van der Waals surface area contributed by atoms with Crippen LogP contribution in [0.4, 0.5) is 11.5 Å². The first-order valence-electron chi connectivity index (χ1n) is 10.9. The number of hydrogen-bond donors (Lipinski definition) is 0. The van der Waals surface area contributed by atoms with Gasteiger partial charge in [-0.15, -0.1) is 0 Å². The third kappa shape index (κ3) is 3.83. The molecule has 0 saturated carbocycles. The van der Waals surface area contributed by atoms with Crippen LogP contribution in [0, 0.1) is 23.7 Å². The van der Waals surface area contributed by atoms with Crippen molar-refractivity contribution in [1.29, 1.82) is 5.26 Å². The fourth-order valence-electron chi connectivity index (χ4n) is 5.12. The van der Waals surface area contributed by atoms with Crippen LogP contribution in [0.5, 0.6) is 0 Å². The Hall–Kier alpha value is -2.54. The van der Waals surface area contributed by atoms with Crippen LogP contribution in [0.15, 0.2) is 36.4 Å². The lowest BCUT2D eigenvalue weighted by molar-refractivity contribution is 0.245. The van der Waals surface area contributed by atoms with Crippen molar-refractivity contribution in [1.82, 2.24) is 4.98 Å². The topological polar surface area (TPSA) is 43.2 Å². The van der Waals surface area contributed by atoms with E-state index in [1.165, 1.54) is 30.5 Å². The van der Waals surface area contributed by atoms with Crippen LogP contribution in [0.25, 0.3) is 0 Å². The first kappa shape index (κ1) is 19.8. The number of rotatable bonds is 3. The smallest absolute Gasteiger partial charge is 0.129 e. The molecule has 2 aromatic rings. The largest absolute Gasteiger partial charge is 0.371 e. The lowest BCUT2D eigenvalue weighted by Gasteiger charge is -2.40. The molecule has 0 N–H and O–H groups in total. The summed E-state index contributed by atoms with van der Waals surface area (Å²) in [5, 5.41) is 9.18. The van der Waals surface area contributed by atoms with Gasteiger partial charge in [0.15, 0.2) is 0 Å². The van der Waals surface area contributed by atoms with Gasteiger partial charge in [-0.05, 0) is 74.3 Å². The highest BCUT2D eigenvalue weighted by atomic mass is 15.2. The number of hydrogen-bond acceptors (Lipinski definition) is 4. The Morgan fingerprint density at radius 3 is 2.38 bits per heavy atom. The second kappa shape index (κ2) is 7.71. The minimum absolute atomic E-state index is 0.386. The summed E-state index contributed by atoms with van der Waals surface area (Å²) in [6.07, 6.45) is 3.69. The lowest BCUT2D eigenvalue weighted by Crippen LogP contribution is -2.41. The maximum absolute atomic E-state index is 9.18. The fourth-order valence-corrected chi connectivity index (χ4v) is 5.12. The van der Waals surface area contributed by atoms with Gasteiger partial charge in [-0.2, -0.15) is 5.26 Å². The number of benzene rings is 1. The van der Waals surface area contributed by atoms with Gasteiger partial charge in [0.05, 0.1) is 11.3 Å². The molecule has 2 fully saturated rings. The maximum Gasteiger partial charge on any atom is 0.129 e. The predicted molar refractivity (Wildman–Crippen MR) is 120 cm³/mol. The predicted octanol–water partition coefficient (Wildman–Crippen LogP) is 5.27. The minimum Gasteiger partial charge on any atom is -0.371 e. The first-order chi connectivity index (χ1) is 13.9. The Morgan fingerprint density at radius 1 is 1.10 bits per heavy atom. The summed E-state index contributed by atoms with van der Waals surface area (Å²) >= 11 is 0. The summed E-state index contributed by atoms with van der Waals surface area (Å²) in [5.41, 5.74) is 4.66. The Morgan fingerprint density at radius 2 is 1.79 bits per heavy atom. The van der Waals surface area contributed by atoms with Crippen LogP contribution in [0.1, 0.15) is 62.8 Å². The first-order valence-corrected chi connectivity index (χ1v) is 10.9. The summed E-state index contributed by atoms with van der Waals surface area (Å²) < 4.78 is 0. The highest BCUT2D eigenvalue weighted by Crippen LogP contribution is 2.45. The number of aryl methyl sites for hydroxylation is 1. The number of nitrogens with zero attached hydrogens (tertiary/aromatic N) is 4. The van der Waals surface area contributed by atoms with Gasteiger partial charge < -0.3 is 9.80 Å². The standard InChI is InChI=1S/C25H32N4/c1-18(2)21-5-8-23(9-6-21)28-13-11-25(12-14-28)15-19(3)29(17-25)24-10-7-22(16-26)20(4)27-24/h5-10,18-19H,11-15,17H2,1-4H3.